The standard InChI is InChI=1S/C16H14INO/c17-13-6-8-14(9-7-13)18-15(19)16(10-11-16)12-4-2-1-3-5-12/h1-9H,10-11H2,(H,18,19). The summed E-state index contributed by atoms with van der Waals surface area (Å²) in [6, 6.07) is 17.9. The fraction of sp³-hybridized carbons (Fsp3) is 0.188. The first-order chi connectivity index (χ1) is 9.21. The zero-order valence-corrected chi connectivity index (χ0v) is 12.6. The lowest BCUT2D eigenvalue weighted by molar-refractivity contribution is -0.118. The van der Waals surface area contributed by atoms with Crippen molar-refractivity contribution in [3.63, 3.8) is 0 Å². The van der Waals surface area contributed by atoms with Crippen LogP contribution in [0.3, 0.4) is 0 Å². The van der Waals surface area contributed by atoms with Crippen LogP contribution in [0, 0.1) is 3.57 Å². The number of nitrogens with one attached hydrogen (secondary N) is 1. The third kappa shape index (κ3) is 2.52. The Bertz CT molecular complexity index is 588. The van der Waals surface area contributed by atoms with Crippen molar-refractivity contribution in [2.45, 2.75) is 18.3 Å². The number of rotatable bonds is 3. The average Bonchev–Trinajstić information content (AvgIpc) is 3.24. The minimum absolute atomic E-state index is 0.111. The molecular weight excluding hydrogens is 349 g/mol. The van der Waals surface area contributed by atoms with E-state index in [1.54, 1.807) is 0 Å². The fourth-order valence-electron chi connectivity index (χ4n) is 2.31. The normalized spacial score (nSPS) is 15.8. The molecule has 1 aliphatic carbocycles. The van der Waals surface area contributed by atoms with Crippen LogP contribution in [0.25, 0.3) is 0 Å². The Kier molecular flexibility index (Phi) is 3.31. The smallest absolute Gasteiger partial charge is 0.235 e. The minimum Gasteiger partial charge on any atom is -0.325 e. The summed E-state index contributed by atoms with van der Waals surface area (Å²) in [5.74, 6) is 0.111. The molecule has 0 atom stereocenters. The lowest BCUT2D eigenvalue weighted by Crippen LogP contribution is -2.27. The summed E-state index contributed by atoms with van der Waals surface area (Å²) in [5.41, 5.74) is 1.69. The Morgan fingerprint density at radius 3 is 2.21 bits per heavy atom. The van der Waals surface area contributed by atoms with Gasteiger partial charge >= 0.3 is 0 Å². The predicted octanol–water partition coefficient (Wildman–Crippen LogP) is 3.96. The van der Waals surface area contributed by atoms with Crippen LogP contribution < -0.4 is 5.32 Å². The van der Waals surface area contributed by atoms with E-state index in [0.717, 1.165) is 24.1 Å². The van der Waals surface area contributed by atoms with E-state index in [-0.39, 0.29) is 11.3 Å². The topological polar surface area (TPSA) is 29.1 Å². The van der Waals surface area contributed by atoms with Crippen molar-refractivity contribution in [1.82, 2.24) is 0 Å². The van der Waals surface area contributed by atoms with Crippen molar-refractivity contribution in [2.75, 3.05) is 5.32 Å². The number of anilines is 1. The van der Waals surface area contributed by atoms with Gasteiger partial charge in [0.05, 0.1) is 5.41 Å². The molecular formula is C16H14INO. The zero-order valence-electron chi connectivity index (χ0n) is 10.4. The molecule has 96 valence electrons. The molecule has 0 heterocycles. The third-order valence-corrected chi connectivity index (χ3v) is 4.33. The van der Waals surface area contributed by atoms with Crippen LogP contribution in [0.2, 0.25) is 0 Å². The summed E-state index contributed by atoms with van der Waals surface area (Å²) < 4.78 is 1.17. The van der Waals surface area contributed by atoms with E-state index in [1.807, 2.05) is 54.6 Å². The van der Waals surface area contributed by atoms with Crippen molar-refractivity contribution in [1.29, 1.82) is 0 Å². The molecule has 0 aliphatic heterocycles. The summed E-state index contributed by atoms with van der Waals surface area (Å²) in [5, 5.41) is 3.03. The summed E-state index contributed by atoms with van der Waals surface area (Å²) in [4.78, 5) is 12.5. The highest BCUT2D eigenvalue weighted by atomic mass is 127. The van der Waals surface area contributed by atoms with Crippen LogP contribution in [0.4, 0.5) is 5.69 Å². The summed E-state index contributed by atoms with van der Waals surface area (Å²) in [6.07, 6.45) is 1.88. The van der Waals surface area contributed by atoms with Crippen molar-refractivity contribution >= 4 is 34.2 Å². The molecule has 2 nitrogen and oxygen atoms in total. The second-order valence-corrected chi connectivity index (χ2v) is 6.15. The number of hydrogen-bond donors (Lipinski definition) is 1. The van der Waals surface area contributed by atoms with Crippen molar-refractivity contribution in [2.24, 2.45) is 0 Å². The van der Waals surface area contributed by atoms with Crippen LogP contribution in [-0.2, 0) is 10.2 Å². The number of benzene rings is 2. The van der Waals surface area contributed by atoms with Crippen LogP contribution >= 0.6 is 22.6 Å². The fourth-order valence-corrected chi connectivity index (χ4v) is 2.67. The Labute approximate surface area is 126 Å². The van der Waals surface area contributed by atoms with E-state index in [9.17, 15) is 4.79 Å². The van der Waals surface area contributed by atoms with Gasteiger partial charge < -0.3 is 5.32 Å². The molecule has 19 heavy (non-hydrogen) atoms. The summed E-state index contributed by atoms with van der Waals surface area (Å²) in [6.45, 7) is 0. The number of carbonyl (C=O) groups is 1. The molecule has 2 aromatic rings. The average molecular weight is 363 g/mol. The maximum atomic E-state index is 12.5. The van der Waals surface area contributed by atoms with Gasteiger partial charge in [-0.15, -0.1) is 0 Å². The highest BCUT2D eigenvalue weighted by Gasteiger charge is 2.51. The largest absolute Gasteiger partial charge is 0.325 e. The quantitative estimate of drug-likeness (QED) is 0.822. The molecule has 0 aromatic heterocycles. The number of carbonyl (C=O) groups excluding carboxylic acids is 1. The number of halogens is 1. The van der Waals surface area contributed by atoms with Crippen LogP contribution in [0.1, 0.15) is 18.4 Å². The van der Waals surface area contributed by atoms with Gasteiger partial charge in [0.2, 0.25) is 5.91 Å². The van der Waals surface area contributed by atoms with Gasteiger partial charge in [0.25, 0.3) is 0 Å². The number of hydrogen-bond acceptors (Lipinski definition) is 1. The van der Waals surface area contributed by atoms with Gasteiger partial charge in [-0.2, -0.15) is 0 Å². The monoisotopic (exact) mass is 363 g/mol. The molecule has 3 rings (SSSR count). The molecule has 3 heteroatoms. The highest BCUT2D eigenvalue weighted by Crippen LogP contribution is 2.48. The molecule has 0 spiro atoms. The highest BCUT2D eigenvalue weighted by molar-refractivity contribution is 14.1. The number of amides is 1. The second kappa shape index (κ2) is 4.96. The molecule has 0 saturated heterocycles. The molecule has 1 amide bonds. The van der Waals surface area contributed by atoms with E-state index in [1.165, 1.54) is 3.57 Å². The first-order valence-corrected chi connectivity index (χ1v) is 7.41. The summed E-state index contributed by atoms with van der Waals surface area (Å²) >= 11 is 2.26. The van der Waals surface area contributed by atoms with Crippen LogP contribution in [0.5, 0.6) is 0 Å². The second-order valence-electron chi connectivity index (χ2n) is 4.91. The lowest BCUT2D eigenvalue weighted by Gasteiger charge is -2.15. The Morgan fingerprint density at radius 1 is 1.00 bits per heavy atom. The van der Waals surface area contributed by atoms with Gasteiger partial charge in [-0.3, -0.25) is 4.79 Å². The molecule has 0 unspecified atom stereocenters. The van der Waals surface area contributed by atoms with Gasteiger partial charge in [0.1, 0.15) is 0 Å². The Hall–Kier alpha value is -1.36. The Balaban J connectivity index is 1.79. The van der Waals surface area contributed by atoms with E-state index in [4.69, 9.17) is 0 Å². The zero-order chi connectivity index (χ0) is 13.3. The van der Waals surface area contributed by atoms with Crippen LogP contribution in [-0.4, -0.2) is 5.91 Å². The van der Waals surface area contributed by atoms with Gasteiger partial charge in [0, 0.05) is 9.26 Å². The molecule has 1 aliphatic rings. The molecule has 2 aromatic carbocycles. The maximum Gasteiger partial charge on any atom is 0.235 e. The summed E-state index contributed by atoms with van der Waals surface area (Å²) in [7, 11) is 0. The third-order valence-electron chi connectivity index (χ3n) is 3.61. The molecule has 0 bridgehead atoms. The molecule has 1 N–H and O–H groups in total. The van der Waals surface area contributed by atoms with E-state index in [2.05, 4.69) is 27.9 Å². The minimum atomic E-state index is -0.301. The predicted molar refractivity (Wildman–Crippen MR) is 85.1 cm³/mol. The first kappa shape index (κ1) is 12.7. The van der Waals surface area contributed by atoms with Crippen LogP contribution in [0.15, 0.2) is 54.6 Å². The van der Waals surface area contributed by atoms with Gasteiger partial charge in [-0.1, -0.05) is 30.3 Å². The van der Waals surface area contributed by atoms with E-state index in [0.29, 0.717) is 0 Å². The lowest BCUT2D eigenvalue weighted by atomic mass is 9.95. The molecule has 1 saturated carbocycles. The van der Waals surface area contributed by atoms with E-state index < -0.39 is 0 Å². The first-order valence-electron chi connectivity index (χ1n) is 6.33. The Morgan fingerprint density at radius 2 is 1.63 bits per heavy atom. The van der Waals surface area contributed by atoms with E-state index >= 15 is 0 Å². The maximum absolute atomic E-state index is 12.5. The van der Waals surface area contributed by atoms with Crippen molar-refractivity contribution in [3.8, 4) is 0 Å². The molecule has 1 fully saturated rings. The SMILES string of the molecule is O=C(Nc1ccc(I)cc1)C1(c2ccccc2)CC1. The van der Waals surface area contributed by atoms with Gasteiger partial charge in [-0.05, 0) is 65.3 Å². The van der Waals surface area contributed by atoms with Crippen molar-refractivity contribution < 1.29 is 4.79 Å². The van der Waals surface area contributed by atoms with Crippen molar-refractivity contribution in [3.05, 3.63) is 63.7 Å². The molecule has 0 radical (unpaired) electrons. The van der Waals surface area contributed by atoms with Gasteiger partial charge in [-0.25, -0.2) is 0 Å². The van der Waals surface area contributed by atoms with Gasteiger partial charge in [0.15, 0.2) is 0 Å².